The van der Waals surface area contributed by atoms with Crippen LogP contribution in [0.4, 0.5) is 4.39 Å². The molecule has 0 aliphatic rings. The van der Waals surface area contributed by atoms with E-state index in [1.54, 1.807) is 12.1 Å². The van der Waals surface area contributed by atoms with Gasteiger partial charge in [-0.05, 0) is 30.9 Å². The van der Waals surface area contributed by atoms with Crippen molar-refractivity contribution in [3.8, 4) is 11.8 Å². The summed E-state index contributed by atoms with van der Waals surface area (Å²) in [4.78, 5) is 0. The molecule has 0 radical (unpaired) electrons. The fourth-order valence-corrected chi connectivity index (χ4v) is 2.22. The minimum atomic E-state index is -0.529. The first-order valence-electron chi connectivity index (χ1n) is 5.56. The number of alkyl halides is 1. The Bertz CT molecular complexity index is 403. The van der Waals surface area contributed by atoms with E-state index in [-0.39, 0.29) is 5.56 Å². The van der Waals surface area contributed by atoms with Crippen LogP contribution in [0.25, 0.3) is 0 Å². The number of halogens is 2. The summed E-state index contributed by atoms with van der Waals surface area (Å²) in [6.45, 7) is 2.65. The maximum Gasteiger partial charge on any atom is 0.144 e. The summed E-state index contributed by atoms with van der Waals surface area (Å²) >= 11 is 3.39. The summed E-state index contributed by atoms with van der Waals surface area (Å²) in [6.07, 6.45) is 1.98. The highest BCUT2D eigenvalue weighted by atomic mass is 79.9. The van der Waals surface area contributed by atoms with Crippen molar-refractivity contribution in [1.82, 2.24) is 0 Å². The van der Waals surface area contributed by atoms with E-state index in [0.29, 0.717) is 18.3 Å². The molecule has 1 unspecified atom stereocenters. The Kier molecular flexibility index (Phi) is 5.99. The van der Waals surface area contributed by atoms with Crippen LogP contribution in [0.3, 0.4) is 0 Å². The van der Waals surface area contributed by atoms with Crippen molar-refractivity contribution in [3.63, 3.8) is 0 Å². The molecule has 0 fully saturated rings. The Balaban J connectivity index is 2.53. The van der Waals surface area contributed by atoms with Crippen LogP contribution < -0.4 is 4.74 Å². The topological polar surface area (TPSA) is 33.0 Å². The molecular formula is C13H15BrFNO. The molecule has 0 aromatic heterocycles. The quantitative estimate of drug-likeness (QED) is 0.747. The highest BCUT2D eigenvalue weighted by Crippen LogP contribution is 2.21. The first kappa shape index (κ1) is 14.0. The Morgan fingerprint density at radius 3 is 2.88 bits per heavy atom. The molecular weight excluding hydrogens is 285 g/mol. The maximum atomic E-state index is 13.2. The van der Waals surface area contributed by atoms with Gasteiger partial charge in [0.25, 0.3) is 0 Å². The van der Waals surface area contributed by atoms with Crippen molar-refractivity contribution in [3.05, 3.63) is 29.6 Å². The first-order chi connectivity index (χ1) is 8.19. The molecule has 0 saturated heterocycles. The highest BCUT2D eigenvalue weighted by molar-refractivity contribution is 9.09. The van der Waals surface area contributed by atoms with Crippen molar-refractivity contribution in [2.75, 3.05) is 11.9 Å². The Hall–Kier alpha value is -1.08. The molecule has 1 aromatic rings. The van der Waals surface area contributed by atoms with Crippen LogP contribution in [0, 0.1) is 23.1 Å². The summed E-state index contributed by atoms with van der Waals surface area (Å²) in [5.74, 6) is 0.352. The highest BCUT2D eigenvalue weighted by Gasteiger charge is 2.09. The van der Waals surface area contributed by atoms with Gasteiger partial charge in [0.05, 0.1) is 6.61 Å². The third-order valence-electron chi connectivity index (χ3n) is 2.56. The van der Waals surface area contributed by atoms with Crippen molar-refractivity contribution in [2.24, 2.45) is 5.92 Å². The Morgan fingerprint density at radius 2 is 2.24 bits per heavy atom. The molecule has 0 bridgehead atoms. The Morgan fingerprint density at radius 1 is 1.47 bits per heavy atom. The molecule has 0 N–H and O–H groups in total. The van der Waals surface area contributed by atoms with Crippen LogP contribution in [0.5, 0.6) is 5.75 Å². The maximum absolute atomic E-state index is 13.2. The summed E-state index contributed by atoms with van der Waals surface area (Å²) < 4.78 is 18.7. The summed E-state index contributed by atoms with van der Waals surface area (Å²) in [5.41, 5.74) is -0.0133. The van der Waals surface area contributed by atoms with Crippen LogP contribution in [0.2, 0.25) is 0 Å². The zero-order valence-corrected chi connectivity index (χ0v) is 11.3. The predicted molar refractivity (Wildman–Crippen MR) is 68.8 cm³/mol. The van der Waals surface area contributed by atoms with Crippen LogP contribution in [0.15, 0.2) is 18.2 Å². The lowest BCUT2D eigenvalue weighted by Crippen LogP contribution is -2.06. The molecule has 4 heteroatoms. The lowest BCUT2D eigenvalue weighted by Gasteiger charge is -2.11. The Labute approximate surface area is 110 Å². The van der Waals surface area contributed by atoms with E-state index >= 15 is 0 Å². The monoisotopic (exact) mass is 299 g/mol. The van der Waals surface area contributed by atoms with E-state index < -0.39 is 5.82 Å². The third kappa shape index (κ3) is 4.35. The van der Waals surface area contributed by atoms with Crippen molar-refractivity contribution >= 4 is 15.9 Å². The molecule has 0 aliphatic heterocycles. The van der Waals surface area contributed by atoms with Gasteiger partial charge in [0.2, 0.25) is 0 Å². The van der Waals surface area contributed by atoms with E-state index in [1.807, 2.05) is 6.07 Å². The fraction of sp³-hybridized carbons (Fsp3) is 0.462. The zero-order chi connectivity index (χ0) is 12.7. The van der Waals surface area contributed by atoms with Gasteiger partial charge in [0, 0.05) is 5.33 Å². The van der Waals surface area contributed by atoms with Gasteiger partial charge in [-0.1, -0.05) is 28.9 Å². The van der Waals surface area contributed by atoms with E-state index in [4.69, 9.17) is 10.00 Å². The zero-order valence-electron chi connectivity index (χ0n) is 9.75. The predicted octanol–water partition coefficient (Wildman–Crippen LogP) is 3.89. The van der Waals surface area contributed by atoms with E-state index in [2.05, 4.69) is 22.9 Å². The minimum Gasteiger partial charge on any atom is -0.492 e. The average Bonchev–Trinajstić information content (AvgIpc) is 2.29. The minimum absolute atomic E-state index is 0.0133. The smallest absolute Gasteiger partial charge is 0.144 e. The van der Waals surface area contributed by atoms with Crippen molar-refractivity contribution in [1.29, 1.82) is 5.26 Å². The number of nitrogens with zero attached hydrogens (tertiary/aromatic N) is 1. The second-order valence-corrected chi connectivity index (χ2v) is 4.74. The first-order valence-corrected chi connectivity index (χ1v) is 6.68. The lowest BCUT2D eigenvalue weighted by molar-refractivity contribution is 0.280. The SMILES string of the molecule is CC(CCBr)CCOc1cccc(F)c1C#N. The number of nitriles is 1. The van der Waals surface area contributed by atoms with Crippen LogP contribution >= 0.6 is 15.9 Å². The van der Waals surface area contributed by atoms with Gasteiger partial charge < -0.3 is 4.74 Å². The summed E-state index contributed by atoms with van der Waals surface area (Å²) in [7, 11) is 0. The second-order valence-electron chi connectivity index (χ2n) is 3.94. The van der Waals surface area contributed by atoms with E-state index in [1.165, 1.54) is 6.07 Å². The molecule has 2 nitrogen and oxygen atoms in total. The molecule has 0 amide bonds. The lowest BCUT2D eigenvalue weighted by atomic mass is 10.1. The van der Waals surface area contributed by atoms with Crippen molar-refractivity contribution < 1.29 is 9.13 Å². The van der Waals surface area contributed by atoms with Crippen LogP contribution in [-0.4, -0.2) is 11.9 Å². The van der Waals surface area contributed by atoms with Gasteiger partial charge in [-0.3, -0.25) is 0 Å². The van der Waals surface area contributed by atoms with E-state index in [0.717, 1.165) is 18.2 Å². The standard InChI is InChI=1S/C13H15BrFNO/c1-10(5-7-14)6-8-17-13-4-2-3-12(15)11(13)9-16/h2-4,10H,5-8H2,1H3. The molecule has 0 saturated carbocycles. The van der Waals surface area contributed by atoms with Gasteiger partial charge >= 0.3 is 0 Å². The molecule has 17 heavy (non-hydrogen) atoms. The van der Waals surface area contributed by atoms with Crippen LogP contribution in [0.1, 0.15) is 25.3 Å². The molecule has 0 spiro atoms. The molecule has 1 atom stereocenters. The third-order valence-corrected chi connectivity index (χ3v) is 3.02. The summed E-state index contributed by atoms with van der Waals surface area (Å²) in [6, 6.07) is 6.25. The van der Waals surface area contributed by atoms with Gasteiger partial charge in [0.15, 0.2) is 0 Å². The fourth-order valence-electron chi connectivity index (χ4n) is 1.43. The van der Waals surface area contributed by atoms with Gasteiger partial charge in [-0.25, -0.2) is 4.39 Å². The van der Waals surface area contributed by atoms with Crippen LogP contribution in [-0.2, 0) is 0 Å². The molecule has 1 aromatic carbocycles. The number of benzene rings is 1. The number of hydrogen-bond donors (Lipinski definition) is 0. The van der Waals surface area contributed by atoms with E-state index in [9.17, 15) is 4.39 Å². The summed E-state index contributed by atoms with van der Waals surface area (Å²) in [5, 5.41) is 9.79. The van der Waals surface area contributed by atoms with Gasteiger partial charge in [0.1, 0.15) is 23.2 Å². The van der Waals surface area contributed by atoms with Crippen molar-refractivity contribution in [2.45, 2.75) is 19.8 Å². The number of hydrogen-bond acceptors (Lipinski definition) is 2. The van der Waals surface area contributed by atoms with Gasteiger partial charge in [-0.15, -0.1) is 0 Å². The average molecular weight is 300 g/mol. The largest absolute Gasteiger partial charge is 0.492 e. The number of rotatable bonds is 6. The molecule has 1 rings (SSSR count). The number of ether oxygens (including phenoxy) is 1. The normalized spacial score (nSPS) is 11.9. The molecule has 0 aliphatic carbocycles. The van der Waals surface area contributed by atoms with Gasteiger partial charge in [-0.2, -0.15) is 5.26 Å². The second kappa shape index (κ2) is 7.29. The molecule has 92 valence electrons. The molecule has 0 heterocycles.